The van der Waals surface area contributed by atoms with E-state index in [1.54, 1.807) is 0 Å². The van der Waals surface area contributed by atoms with Gasteiger partial charge in [-0.1, -0.05) is 96.8 Å². The molecule has 0 saturated heterocycles. The Hall–Kier alpha value is -0.610. The Bertz CT molecular complexity index is 285. The Morgan fingerprint density at radius 2 is 1.20 bits per heavy atom. The molecule has 4 heteroatoms. The quantitative estimate of drug-likeness (QED) is 0.294. The third-order valence-corrected chi connectivity index (χ3v) is 4.81. The number of nitrogens with two attached hydrogens (primary N) is 1. The largest absolute Gasteiger partial charge is 0.390 e. The lowest BCUT2D eigenvalue weighted by Gasteiger charge is -2.09. The van der Waals surface area contributed by atoms with Crippen molar-refractivity contribution >= 4 is 5.91 Å². The van der Waals surface area contributed by atoms with Crippen LogP contribution in [0.5, 0.6) is 0 Å². The minimum absolute atomic E-state index is 0.0298. The lowest BCUT2D eigenvalue weighted by Crippen LogP contribution is -2.35. The molecule has 4 N–H and O–H groups in total. The zero-order valence-corrected chi connectivity index (χ0v) is 16.7. The predicted octanol–water partition coefficient (Wildman–Crippen LogP) is 4.68. The molecule has 0 spiro atoms. The zero-order chi connectivity index (χ0) is 18.6. The molecule has 1 unspecified atom stereocenters. The first-order valence-corrected chi connectivity index (χ1v) is 10.9. The Morgan fingerprint density at radius 1 is 0.800 bits per heavy atom. The smallest absolute Gasteiger partial charge is 0.220 e. The Kier molecular flexibility index (Phi) is 19.2. The van der Waals surface area contributed by atoms with Crippen LogP contribution in [-0.2, 0) is 4.79 Å². The van der Waals surface area contributed by atoms with Crippen LogP contribution in [0.1, 0.15) is 110 Å². The van der Waals surface area contributed by atoms with Gasteiger partial charge in [0, 0.05) is 19.5 Å². The fraction of sp³-hybridized carbons (Fsp3) is 0.952. The summed E-state index contributed by atoms with van der Waals surface area (Å²) in [5, 5.41) is 12.0. The number of hydrogen-bond acceptors (Lipinski definition) is 3. The normalized spacial score (nSPS) is 12.3. The van der Waals surface area contributed by atoms with Crippen LogP contribution < -0.4 is 11.1 Å². The van der Waals surface area contributed by atoms with Crippen LogP contribution in [0.25, 0.3) is 0 Å². The predicted molar refractivity (Wildman–Crippen MR) is 108 cm³/mol. The van der Waals surface area contributed by atoms with Crippen molar-refractivity contribution in [3.8, 4) is 0 Å². The van der Waals surface area contributed by atoms with Crippen molar-refractivity contribution in [1.82, 2.24) is 5.32 Å². The maximum absolute atomic E-state index is 11.5. The molecule has 0 saturated carbocycles. The van der Waals surface area contributed by atoms with Gasteiger partial charge < -0.3 is 16.2 Å². The SMILES string of the molecule is CCCCCCCCCCCCCCCCCC(=O)NCC(O)CN. The zero-order valence-electron chi connectivity index (χ0n) is 16.7. The number of hydrogen-bond donors (Lipinski definition) is 3. The number of nitrogens with one attached hydrogen (secondary N) is 1. The van der Waals surface area contributed by atoms with Gasteiger partial charge in [0.15, 0.2) is 0 Å². The molecule has 150 valence electrons. The number of amides is 1. The Labute approximate surface area is 156 Å². The number of rotatable bonds is 19. The van der Waals surface area contributed by atoms with Gasteiger partial charge in [-0.2, -0.15) is 0 Å². The molecule has 0 aliphatic carbocycles. The first-order valence-electron chi connectivity index (χ1n) is 10.9. The molecule has 1 atom stereocenters. The molecule has 0 aromatic heterocycles. The third-order valence-electron chi connectivity index (χ3n) is 4.81. The van der Waals surface area contributed by atoms with E-state index >= 15 is 0 Å². The topological polar surface area (TPSA) is 75.3 Å². The van der Waals surface area contributed by atoms with Gasteiger partial charge in [0.05, 0.1) is 6.10 Å². The van der Waals surface area contributed by atoms with Crippen LogP contribution in [0, 0.1) is 0 Å². The van der Waals surface area contributed by atoms with Crippen molar-refractivity contribution < 1.29 is 9.90 Å². The highest BCUT2D eigenvalue weighted by molar-refractivity contribution is 5.75. The average Bonchev–Trinajstić information content (AvgIpc) is 2.62. The maximum atomic E-state index is 11.5. The first-order chi connectivity index (χ1) is 12.2. The number of carbonyl (C=O) groups excluding carboxylic acids is 1. The van der Waals surface area contributed by atoms with E-state index in [0.29, 0.717) is 6.42 Å². The molecule has 0 radical (unpaired) electrons. The highest BCUT2D eigenvalue weighted by atomic mass is 16.3. The summed E-state index contributed by atoms with van der Waals surface area (Å²) in [7, 11) is 0. The van der Waals surface area contributed by atoms with Crippen molar-refractivity contribution in [1.29, 1.82) is 0 Å². The number of aliphatic hydroxyl groups is 1. The van der Waals surface area contributed by atoms with Crippen LogP contribution >= 0.6 is 0 Å². The van der Waals surface area contributed by atoms with E-state index in [0.717, 1.165) is 12.8 Å². The van der Waals surface area contributed by atoms with E-state index in [4.69, 9.17) is 5.73 Å². The summed E-state index contributed by atoms with van der Waals surface area (Å²) >= 11 is 0. The van der Waals surface area contributed by atoms with Crippen molar-refractivity contribution in [3.63, 3.8) is 0 Å². The van der Waals surface area contributed by atoms with E-state index in [1.165, 1.54) is 83.5 Å². The first kappa shape index (κ1) is 24.4. The highest BCUT2D eigenvalue weighted by Crippen LogP contribution is 2.13. The summed E-state index contributed by atoms with van der Waals surface area (Å²) in [5.41, 5.74) is 5.29. The van der Waals surface area contributed by atoms with Crippen LogP contribution in [0.2, 0.25) is 0 Å². The third kappa shape index (κ3) is 19.6. The number of unbranched alkanes of at least 4 members (excludes halogenated alkanes) is 14. The highest BCUT2D eigenvalue weighted by Gasteiger charge is 2.04. The lowest BCUT2D eigenvalue weighted by atomic mass is 10.0. The second kappa shape index (κ2) is 19.7. The van der Waals surface area contributed by atoms with Gasteiger partial charge in [-0.3, -0.25) is 4.79 Å². The van der Waals surface area contributed by atoms with Crippen LogP contribution in [0.3, 0.4) is 0 Å². The van der Waals surface area contributed by atoms with Gasteiger partial charge in [-0.25, -0.2) is 0 Å². The summed E-state index contributed by atoms with van der Waals surface area (Å²) in [4.78, 5) is 11.5. The number of aliphatic hydroxyl groups excluding tert-OH is 1. The average molecular weight is 357 g/mol. The molecular formula is C21H44N2O2. The molecule has 0 aromatic carbocycles. The van der Waals surface area contributed by atoms with Gasteiger partial charge in [0.2, 0.25) is 5.91 Å². The fourth-order valence-electron chi connectivity index (χ4n) is 3.06. The van der Waals surface area contributed by atoms with E-state index < -0.39 is 6.10 Å². The molecule has 0 aliphatic heterocycles. The molecule has 0 aromatic rings. The van der Waals surface area contributed by atoms with Gasteiger partial charge in [-0.05, 0) is 6.42 Å². The summed E-state index contributed by atoms with van der Waals surface area (Å²) in [6.45, 7) is 2.74. The van der Waals surface area contributed by atoms with Crippen LogP contribution in [0.15, 0.2) is 0 Å². The molecule has 0 rings (SSSR count). The molecule has 4 nitrogen and oxygen atoms in total. The Balaban J connectivity index is 3.12. The van der Waals surface area contributed by atoms with Gasteiger partial charge in [0.1, 0.15) is 0 Å². The fourth-order valence-corrected chi connectivity index (χ4v) is 3.06. The molecule has 0 aliphatic rings. The van der Waals surface area contributed by atoms with Crippen molar-refractivity contribution in [2.24, 2.45) is 5.73 Å². The standard InChI is InChI=1S/C21H44N2O2/c1-2-3-4-5-6-7-8-9-10-11-12-13-14-15-16-17-21(25)23-19-20(24)18-22/h20,24H,2-19,22H2,1H3,(H,23,25). The van der Waals surface area contributed by atoms with Crippen molar-refractivity contribution in [2.45, 2.75) is 116 Å². The molecule has 1 amide bonds. The number of carbonyl (C=O) groups is 1. The van der Waals surface area contributed by atoms with Crippen LogP contribution in [-0.4, -0.2) is 30.2 Å². The summed E-state index contributed by atoms with van der Waals surface area (Å²) in [6, 6.07) is 0. The lowest BCUT2D eigenvalue weighted by molar-refractivity contribution is -0.121. The second-order valence-corrected chi connectivity index (χ2v) is 7.39. The van der Waals surface area contributed by atoms with Crippen molar-refractivity contribution in [2.75, 3.05) is 13.1 Å². The van der Waals surface area contributed by atoms with E-state index in [1.807, 2.05) is 0 Å². The van der Waals surface area contributed by atoms with Crippen molar-refractivity contribution in [3.05, 3.63) is 0 Å². The Morgan fingerprint density at radius 3 is 1.60 bits per heavy atom. The minimum Gasteiger partial charge on any atom is -0.390 e. The molecule has 0 bridgehead atoms. The van der Waals surface area contributed by atoms with Crippen LogP contribution in [0.4, 0.5) is 0 Å². The van der Waals surface area contributed by atoms with E-state index in [2.05, 4.69) is 12.2 Å². The second-order valence-electron chi connectivity index (χ2n) is 7.39. The molecular weight excluding hydrogens is 312 g/mol. The minimum atomic E-state index is -0.620. The van der Waals surface area contributed by atoms with E-state index in [-0.39, 0.29) is 19.0 Å². The maximum Gasteiger partial charge on any atom is 0.220 e. The van der Waals surface area contributed by atoms with Gasteiger partial charge >= 0.3 is 0 Å². The monoisotopic (exact) mass is 356 g/mol. The molecule has 0 fully saturated rings. The summed E-state index contributed by atoms with van der Waals surface area (Å²) in [6.07, 6.45) is 19.9. The molecule has 25 heavy (non-hydrogen) atoms. The van der Waals surface area contributed by atoms with Gasteiger partial charge in [0.25, 0.3) is 0 Å². The summed E-state index contributed by atoms with van der Waals surface area (Å²) < 4.78 is 0. The summed E-state index contributed by atoms with van der Waals surface area (Å²) in [5.74, 6) is 0.0298. The van der Waals surface area contributed by atoms with E-state index in [9.17, 15) is 9.90 Å². The van der Waals surface area contributed by atoms with Gasteiger partial charge in [-0.15, -0.1) is 0 Å². The molecule has 0 heterocycles.